The summed E-state index contributed by atoms with van der Waals surface area (Å²) in [4.78, 5) is 1.11. The number of rotatable bonds is 6. The summed E-state index contributed by atoms with van der Waals surface area (Å²) in [6.45, 7) is 0.437. The Morgan fingerprint density at radius 3 is 2.96 bits per heavy atom. The first-order valence-electron chi connectivity index (χ1n) is 7.81. The molecule has 2 heterocycles. The molecule has 1 aliphatic carbocycles. The molecule has 0 saturated carbocycles. The van der Waals surface area contributed by atoms with Gasteiger partial charge in [-0.2, -0.15) is 5.10 Å². The van der Waals surface area contributed by atoms with E-state index in [2.05, 4.69) is 15.9 Å². The minimum atomic E-state index is -3.55. The number of nitrogens with zero attached hydrogens (tertiary/aromatic N) is 2. The van der Waals surface area contributed by atoms with Gasteiger partial charge in [-0.15, -0.1) is 11.3 Å². The minimum absolute atomic E-state index is 0.250. The lowest BCUT2D eigenvalue weighted by atomic mass is 9.97. The molecule has 0 radical (unpaired) electrons. The molecule has 0 spiro atoms. The van der Waals surface area contributed by atoms with Gasteiger partial charge in [-0.1, -0.05) is 17.7 Å². The number of sulfonamides is 1. The van der Waals surface area contributed by atoms with E-state index < -0.39 is 10.0 Å². The highest BCUT2D eigenvalue weighted by molar-refractivity contribution is 7.89. The summed E-state index contributed by atoms with van der Waals surface area (Å²) in [7, 11) is -1.81. The first-order chi connectivity index (χ1) is 11.1. The second-order valence-electron chi connectivity index (χ2n) is 5.75. The summed E-state index contributed by atoms with van der Waals surface area (Å²) < 4.78 is 29.5. The quantitative estimate of drug-likeness (QED) is 0.812. The minimum Gasteiger partial charge on any atom is -0.274 e. The maximum absolute atomic E-state index is 12.6. The van der Waals surface area contributed by atoms with Crippen molar-refractivity contribution in [3.8, 4) is 10.6 Å². The maximum Gasteiger partial charge on any atom is 0.244 e. The molecular formula is C16H21N3O2S2. The van der Waals surface area contributed by atoms with Crippen LogP contribution in [0.3, 0.4) is 0 Å². The van der Waals surface area contributed by atoms with E-state index in [1.165, 1.54) is 29.8 Å². The Kier molecular flexibility index (Phi) is 4.99. The van der Waals surface area contributed by atoms with Crippen LogP contribution in [0.2, 0.25) is 0 Å². The standard InChI is InChI=1S/C16H21N3O2S2/c1-19-12-15(16(18-19)14-8-5-11-22-14)23(20,21)17-10-9-13-6-3-2-4-7-13/h5-6,8,11-12,17H,2-4,7,9-10H2,1H3. The van der Waals surface area contributed by atoms with Gasteiger partial charge in [-0.3, -0.25) is 4.68 Å². The van der Waals surface area contributed by atoms with Crippen LogP contribution in [0.5, 0.6) is 0 Å². The fourth-order valence-electron chi connectivity index (χ4n) is 2.80. The predicted octanol–water partition coefficient (Wildman–Crippen LogP) is 3.32. The molecule has 0 fully saturated rings. The highest BCUT2D eigenvalue weighted by Crippen LogP contribution is 2.29. The second kappa shape index (κ2) is 6.98. The number of aromatic nitrogens is 2. The number of hydrogen-bond donors (Lipinski definition) is 1. The predicted molar refractivity (Wildman–Crippen MR) is 92.9 cm³/mol. The molecule has 0 aromatic carbocycles. The second-order valence-corrected chi connectivity index (χ2v) is 8.43. The summed E-state index contributed by atoms with van der Waals surface area (Å²) in [5, 5.41) is 6.23. The van der Waals surface area contributed by atoms with E-state index in [-0.39, 0.29) is 4.90 Å². The van der Waals surface area contributed by atoms with Crippen LogP contribution in [0.15, 0.2) is 40.3 Å². The first-order valence-corrected chi connectivity index (χ1v) is 10.2. The van der Waals surface area contributed by atoms with Crippen molar-refractivity contribution in [2.45, 2.75) is 37.0 Å². The van der Waals surface area contributed by atoms with Gasteiger partial charge in [0.25, 0.3) is 0 Å². The molecule has 0 saturated heterocycles. The van der Waals surface area contributed by atoms with Crippen LogP contribution in [-0.4, -0.2) is 24.7 Å². The van der Waals surface area contributed by atoms with Gasteiger partial charge in [-0.05, 0) is 43.6 Å². The monoisotopic (exact) mass is 351 g/mol. The number of aryl methyl sites for hydroxylation is 1. The molecule has 5 nitrogen and oxygen atoms in total. The molecule has 1 aliphatic rings. The van der Waals surface area contributed by atoms with Crippen LogP contribution in [0.4, 0.5) is 0 Å². The van der Waals surface area contributed by atoms with Crippen molar-refractivity contribution in [2.24, 2.45) is 7.05 Å². The van der Waals surface area contributed by atoms with Crippen LogP contribution in [-0.2, 0) is 17.1 Å². The normalized spacial score (nSPS) is 15.6. The Hall–Kier alpha value is -1.44. The summed E-state index contributed by atoms with van der Waals surface area (Å²) in [6.07, 6.45) is 9.27. The maximum atomic E-state index is 12.6. The molecule has 0 aliphatic heterocycles. The topological polar surface area (TPSA) is 64.0 Å². The highest BCUT2D eigenvalue weighted by atomic mass is 32.2. The lowest BCUT2D eigenvalue weighted by Crippen LogP contribution is -2.25. The van der Waals surface area contributed by atoms with E-state index in [9.17, 15) is 8.42 Å². The Morgan fingerprint density at radius 2 is 2.26 bits per heavy atom. The molecule has 2 aromatic heterocycles. The van der Waals surface area contributed by atoms with Gasteiger partial charge >= 0.3 is 0 Å². The smallest absolute Gasteiger partial charge is 0.244 e. The zero-order valence-electron chi connectivity index (χ0n) is 13.2. The van der Waals surface area contributed by atoms with Gasteiger partial charge in [0, 0.05) is 19.8 Å². The van der Waals surface area contributed by atoms with E-state index in [0.717, 1.165) is 24.1 Å². The lowest BCUT2D eigenvalue weighted by Gasteiger charge is -2.13. The van der Waals surface area contributed by atoms with Crippen LogP contribution in [0.25, 0.3) is 10.6 Å². The van der Waals surface area contributed by atoms with Crippen molar-refractivity contribution in [3.63, 3.8) is 0 Å². The zero-order valence-corrected chi connectivity index (χ0v) is 14.8. The SMILES string of the molecule is Cn1cc(S(=O)(=O)NCCC2=CCCCC2)c(-c2cccs2)n1. The molecule has 7 heteroatoms. The molecule has 0 amide bonds. The Balaban J connectivity index is 1.74. The fraction of sp³-hybridized carbons (Fsp3) is 0.438. The third-order valence-corrected chi connectivity index (χ3v) is 6.30. The van der Waals surface area contributed by atoms with Crippen LogP contribution < -0.4 is 4.72 Å². The molecule has 0 atom stereocenters. The largest absolute Gasteiger partial charge is 0.274 e. The van der Waals surface area contributed by atoms with Gasteiger partial charge in [0.1, 0.15) is 10.6 Å². The van der Waals surface area contributed by atoms with E-state index in [1.807, 2.05) is 17.5 Å². The number of nitrogens with one attached hydrogen (secondary N) is 1. The Labute approximate surface area is 141 Å². The van der Waals surface area contributed by atoms with E-state index in [0.29, 0.717) is 12.2 Å². The third kappa shape index (κ3) is 3.91. The fourth-order valence-corrected chi connectivity index (χ4v) is 4.81. The molecule has 2 aromatic rings. The number of allylic oxidation sites excluding steroid dienone is 1. The van der Waals surface area contributed by atoms with Crippen molar-refractivity contribution in [1.82, 2.24) is 14.5 Å². The van der Waals surface area contributed by atoms with Crippen LogP contribution >= 0.6 is 11.3 Å². The third-order valence-electron chi connectivity index (χ3n) is 3.96. The molecule has 1 N–H and O–H groups in total. The van der Waals surface area contributed by atoms with Crippen LogP contribution in [0, 0.1) is 0 Å². The van der Waals surface area contributed by atoms with Crippen molar-refractivity contribution in [1.29, 1.82) is 0 Å². The molecule has 23 heavy (non-hydrogen) atoms. The molecular weight excluding hydrogens is 330 g/mol. The van der Waals surface area contributed by atoms with E-state index >= 15 is 0 Å². The average Bonchev–Trinajstić information content (AvgIpc) is 3.17. The number of hydrogen-bond acceptors (Lipinski definition) is 4. The molecule has 0 bridgehead atoms. The van der Waals surface area contributed by atoms with Gasteiger partial charge < -0.3 is 0 Å². The highest BCUT2D eigenvalue weighted by Gasteiger charge is 2.23. The Bertz CT molecular complexity index is 789. The zero-order chi connectivity index (χ0) is 16.3. The molecule has 0 unspecified atom stereocenters. The molecule has 3 rings (SSSR count). The summed E-state index contributed by atoms with van der Waals surface area (Å²) in [5.74, 6) is 0. The van der Waals surface area contributed by atoms with E-state index in [1.54, 1.807) is 17.9 Å². The number of thiophene rings is 1. The van der Waals surface area contributed by atoms with Crippen molar-refractivity contribution in [2.75, 3.05) is 6.54 Å². The summed E-state index contributed by atoms with van der Waals surface area (Å²) in [6, 6.07) is 3.78. The van der Waals surface area contributed by atoms with Crippen LogP contribution in [0.1, 0.15) is 32.1 Å². The van der Waals surface area contributed by atoms with Gasteiger partial charge in [0.2, 0.25) is 10.0 Å². The van der Waals surface area contributed by atoms with E-state index in [4.69, 9.17) is 0 Å². The van der Waals surface area contributed by atoms with Crippen molar-refractivity contribution < 1.29 is 8.42 Å². The van der Waals surface area contributed by atoms with Gasteiger partial charge in [0.15, 0.2) is 0 Å². The molecule has 124 valence electrons. The summed E-state index contributed by atoms with van der Waals surface area (Å²) >= 11 is 1.49. The first kappa shape index (κ1) is 16.4. The average molecular weight is 351 g/mol. The van der Waals surface area contributed by atoms with Crippen molar-refractivity contribution >= 4 is 21.4 Å². The van der Waals surface area contributed by atoms with Crippen molar-refractivity contribution in [3.05, 3.63) is 35.4 Å². The Morgan fingerprint density at radius 1 is 1.39 bits per heavy atom. The van der Waals surface area contributed by atoms with Gasteiger partial charge in [-0.25, -0.2) is 13.1 Å². The summed E-state index contributed by atoms with van der Waals surface area (Å²) in [5.41, 5.74) is 1.88. The lowest BCUT2D eigenvalue weighted by molar-refractivity contribution is 0.579. The van der Waals surface area contributed by atoms with Gasteiger partial charge in [0.05, 0.1) is 4.88 Å².